The number of nitrogens with zero attached hydrogens (tertiary/aromatic N) is 2. The highest BCUT2D eigenvalue weighted by Gasteiger charge is 2.33. The molecule has 0 radical (unpaired) electrons. The van der Waals surface area contributed by atoms with Crippen LogP contribution in [0.4, 0.5) is 4.39 Å². The van der Waals surface area contributed by atoms with E-state index in [0.717, 1.165) is 22.4 Å². The van der Waals surface area contributed by atoms with Crippen LogP contribution >= 0.6 is 0 Å². The molecule has 1 amide bonds. The summed E-state index contributed by atoms with van der Waals surface area (Å²) >= 11 is 0. The average Bonchev–Trinajstić information content (AvgIpc) is 3.06. The van der Waals surface area contributed by atoms with Crippen molar-refractivity contribution in [3.8, 4) is 0 Å². The number of aliphatic carboxylic acids is 1. The lowest BCUT2D eigenvalue weighted by Gasteiger charge is -2.21. The molecular weight excluding hydrogens is 335 g/mol. The van der Waals surface area contributed by atoms with Gasteiger partial charge in [0.1, 0.15) is 5.82 Å². The van der Waals surface area contributed by atoms with Gasteiger partial charge < -0.3 is 5.11 Å². The van der Waals surface area contributed by atoms with Gasteiger partial charge in [-0.2, -0.15) is 5.10 Å². The monoisotopic (exact) mass is 354 g/mol. The summed E-state index contributed by atoms with van der Waals surface area (Å²) in [4.78, 5) is 23.3. The molecule has 1 heterocycles. The van der Waals surface area contributed by atoms with Crippen molar-refractivity contribution < 1.29 is 19.1 Å². The molecule has 26 heavy (non-hydrogen) atoms. The zero-order chi connectivity index (χ0) is 18.7. The van der Waals surface area contributed by atoms with E-state index >= 15 is 0 Å². The molecule has 0 bridgehead atoms. The maximum Gasteiger partial charge on any atom is 0.303 e. The Kier molecular flexibility index (Phi) is 5.11. The molecule has 0 fully saturated rings. The average molecular weight is 354 g/mol. The van der Waals surface area contributed by atoms with Crippen LogP contribution in [0.5, 0.6) is 0 Å². The van der Waals surface area contributed by atoms with Gasteiger partial charge in [0.15, 0.2) is 0 Å². The summed E-state index contributed by atoms with van der Waals surface area (Å²) in [6, 6.07) is 13.4. The molecule has 0 unspecified atom stereocenters. The van der Waals surface area contributed by atoms with Crippen molar-refractivity contribution in [1.29, 1.82) is 0 Å². The highest BCUT2D eigenvalue weighted by molar-refractivity contribution is 6.03. The summed E-state index contributed by atoms with van der Waals surface area (Å²) in [5.74, 6) is -1.74. The molecule has 2 aromatic rings. The standard InChI is InChI=1S/C20H19FN2O3/c1-13-2-4-14(5-3-13)17-12-18(15-6-8-16(21)9-7-15)23(22-17)19(24)10-11-20(25)26/h2-9,18H,10-12H2,1H3,(H,25,26)/t18-/m1/s1. The Morgan fingerprint density at radius 3 is 2.38 bits per heavy atom. The number of rotatable bonds is 5. The van der Waals surface area contributed by atoms with Crippen molar-refractivity contribution in [3.05, 3.63) is 71.0 Å². The number of benzene rings is 2. The number of carbonyl (C=O) groups is 2. The number of halogens is 1. The van der Waals surface area contributed by atoms with Crippen molar-refractivity contribution >= 4 is 17.6 Å². The molecule has 0 aromatic heterocycles. The van der Waals surface area contributed by atoms with E-state index in [1.807, 2.05) is 31.2 Å². The van der Waals surface area contributed by atoms with E-state index in [-0.39, 0.29) is 30.6 Å². The SMILES string of the molecule is Cc1ccc(C2=NN(C(=O)CCC(=O)O)[C@@H](c3ccc(F)cc3)C2)cc1. The second-order valence-corrected chi connectivity index (χ2v) is 6.32. The predicted octanol–water partition coefficient (Wildman–Crippen LogP) is 3.68. The summed E-state index contributed by atoms with van der Waals surface area (Å²) in [6.45, 7) is 1.99. The van der Waals surface area contributed by atoms with Gasteiger partial charge in [0.2, 0.25) is 5.91 Å². The van der Waals surface area contributed by atoms with Gasteiger partial charge in [-0.3, -0.25) is 9.59 Å². The molecule has 6 heteroatoms. The van der Waals surface area contributed by atoms with E-state index in [1.165, 1.54) is 17.1 Å². The fraction of sp³-hybridized carbons (Fsp3) is 0.250. The molecular formula is C20H19FN2O3. The first-order valence-electron chi connectivity index (χ1n) is 8.38. The van der Waals surface area contributed by atoms with Crippen LogP contribution in [0.1, 0.15) is 42.0 Å². The van der Waals surface area contributed by atoms with Gasteiger partial charge in [0, 0.05) is 12.8 Å². The molecule has 0 saturated carbocycles. The second-order valence-electron chi connectivity index (χ2n) is 6.32. The van der Waals surface area contributed by atoms with Crippen molar-refractivity contribution in [2.45, 2.75) is 32.2 Å². The fourth-order valence-corrected chi connectivity index (χ4v) is 2.93. The summed E-state index contributed by atoms with van der Waals surface area (Å²) < 4.78 is 13.2. The number of carbonyl (C=O) groups excluding carboxylic acids is 1. The highest BCUT2D eigenvalue weighted by Crippen LogP contribution is 2.33. The lowest BCUT2D eigenvalue weighted by Crippen LogP contribution is -2.27. The smallest absolute Gasteiger partial charge is 0.303 e. The topological polar surface area (TPSA) is 70.0 Å². The van der Waals surface area contributed by atoms with Gasteiger partial charge in [-0.1, -0.05) is 42.0 Å². The number of amides is 1. The lowest BCUT2D eigenvalue weighted by molar-refractivity contribution is -0.141. The van der Waals surface area contributed by atoms with Gasteiger partial charge in [-0.15, -0.1) is 0 Å². The molecule has 0 saturated heterocycles. The van der Waals surface area contributed by atoms with Gasteiger partial charge in [0.05, 0.1) is 18.2 Å². The zero-order valence-electron chi connectivity index (χ0n) is 14.4. The van der Waals surface area contributed by atoms with E-state index in [0.29, 0.717) is 6.42 Å². The van der Waals surface area contributed by atoms with Crippen LogP contribution in [-0.4, -0.2) is 27.7 Å². The first-order chi connectivity index (χ1) is 12.4. The third-order valence-corrected chi connectivity index (χ3v) is 4.36. The van der Waals surface area contributed by atoms with E-state index < -0.39 is 5.97 Å². The van der Waals surface area contributed by atoms with Crippen molar-refractivity contribution in [2.24, 2.45) is 5.10 Å². The largest absolute Gasteiger partial charge is 0.481 e. The number of carboxylic acid groups (broad SMARTS) is 1. The van der Waals surface area contributed by atoms with Crippen LogP contribution in [0.25, 0.3) is 0 Å². The molecule has 2 aromatic carbocycles. The van der Waals surface area contributed by atoms with Crippen LogP contribution in [0.3, 0.4) is 0 Å². The third kappa shape index (κ3) is 3.96. The Balaban J connectivity index is 1.89. The third-order valence-electron chi connectivity index (χ3n) is 4.36. The molecule has 134 valence electrons. The normalized spacial score (nSPS) is 16.5. The summed E-state index contributed by atoms with van der Waals surface area (Å²) in [5.41, 5.74) is 3.55. The zero-order valence-corrected chi connectivity index (χ0v) is 14.4. The highest BCUT2D eigenvalue weighted by atomic mass is 19.1. The maximum absolute atomic E-state index is 13.2. The van der Waals surface area contributed by atoms with Gasteiger partial charge in [-0.05, 0) is 30.2 Å². The van der Waals surface area contributed by atoms with E-state index in [4.69, 9.17) is 5.11 Å². The molecule has 3 rings (SSSR count). The molecule has 5 nitrogen and oxygen atoms in total. The van der Waals surface area contributed by atoms with Crippen LogP contribution in [-0.2, 0) is 9.59 Å². The number of aryl methyl sites for hydroxylation is 1. The quantitative estimate of drug-likeness (QED) is 0.890. The molecule has 1 aliphatic rings. The summed E-state index contributed by atoms with van der Waals surface area (Å²) in [7, 11) is 0. The van der Waals surface area contributed by atoms with Crippen molar-refractivity contribution in [1.82, 2.24) is 5.01 Å². The van der Waals surface area contributed by atoms with E-state index in [9.17, 15) is 14.0 Å². The Hall–Kier alpha value is -3.02. The van der Waals surface area contributed by atoms with Crippen molar-refractivity contribution in [2.75, 3.05) is 0 Å². The first kappa shape index (κ1) is 17.8. The van der Waals surface area contributed by atoms with Gasteiger partial charge in [0.25, 0.3) is 0 Å². The number of hydrazone groups is 1. The minimum Gasteiger partial charge on any atom is -0.481 e. The Bertz CT molecular complexity index is 844. The molecule has 1 N–H and O–H groups in total. The lowest BCUT2D eigenvalue weighted by atomic mass is 9.98. The van der Waals surface area contributed by atoms with Crippen LogP contribution in [0.15, 0.2) is 53.6 Å². The van der Waals surface area contributed by atoms with Crippen LogP contribution in [0.2, 0.25) is 0 Å². The van der Waals surface area contributed by atoms with Crippen LogP contribution < -0.4 is 0 Å². The molecule has 0 spiro atoms. The fourth-order valence-electron chi connectivity index (χ4n) is 2.93. The number of hydrogen-bond acceptors (Lipinski definition) is 3. The Morgan fingerprint density at radius 2 is 1.77 bits per heavy atom. The van der Waals surface area contributed by atoms with Gasteiger partial charge in [-0.25, -0.2) is 9.40 Å². The summed E-state index contributed by atoms with van der Waals surface area (Å²) in [5, 5.41) is 14.6. The minimum absolute atomic E-state index is 0.127. The second kappa shape index (κ2) is 7.47. The van der Waals surface area contributed by atoms with E-state index in [2.05, 4.69) is 5.10 Å². The van der Waals surface area contributed by atoms with E-state index in [1.54, 1.807) is 12.1 Å². The minimum atomic E-state index is -1.03. The number of hydrogen-bond donors (Lipinski definition) is 1. The van der Waals surface area contributed by atoms with Gasteiger partial charge >= 0.3 is 5.97 Å². The first-order valence-corrected chi connectivity index (χ1v) is 8.38. The summed E-state index contributed by atoms with van der Waals surface area (Å²) in [6.07, 6.45) is 0.117. The maximum atomic E-state index is 13.2. The Labute approximate surface area is 150 Å². The molecule has 1 aliphatic heterocycles. The molecule has 0 aliphatic carbocycles. The predicted molar refractivity (Wildman–Crippen MR) is 95.2 cm³/mol. The molecule has 1 atom stereocenters. The Morgan fingerprint density at radius 1 is 1.12 bits per heavy atom. The van der Waals surface area contributed by atoms with Crippen LogP contribution in [0, 0.1) is 12.7 Å². The number of carboxylic acids is 1. The van der Waals surface area contributed by atoms with Crippen molar-refractivity contribution in [3.63, 3.8) is 0 Å².